The van der Waals surface area contributed by atoms with E-state index in [1.807, 2.05) is 29.7 Å². The fraction of sp³-hybridized carbons (Fsp3) is 0.423. The summed E-state index contributed by atoms with van der Waals surface area (Å²) in [6.07, 6.45) is 3.43. The molecular weight excluding hydrogens is 448 g/mol. The summed E-state index contributed by atoms with van der Waals surface area (Å²) in [6.45, 7) is 8.75. The Bertz CT molecular complexity index is 1110. The number of nitrogens with zero attached hydrogens (tertiary/aromatic N) is 3. The SMILES string of the molecule is CCOc1ccc(C2(CNC(=O)CSc3nncn3-c3ccc(C)c(C)c3)CCOCC2)cc1. The number of hydrogen-bond acceptors (Lipinski definition) is 6. The van der Waals surface area contributed by atoms with Crippen molar-refractivity contribution in [3.8, 4) is 11.4 Å². The summed E-state index contributed by atoms with van der Waals surface area (Å²) in [7, 11) is 0. The monoisotopic (exact) mass is 480 g/mol. The van der Waals surface area contributed by atoms with Crippen LogP contribution >= 0.6 is 11.8 Å². The second-order valence-electron chi connectivity index (χ2n) is 8.67. The first-order valence-corrected chi connectivity index (χ1v) is 12.7. The Morgan fingerprint density at radius 3 is 2.62 bits per heavy atom. The fourth-order valence-corrected chi connectivity index (χ4v) is 4.98. The van der Waals surface area contributed by atoms with Crippen molar-refractivity contribution >= 4 is 17.7 Å². The van der Waals surface area contributed by atoms with Gasteiger partial charge in [0.1, 0.15) is 12.1 Å². The fourth-order valence-electron chi connectivity index (χ4n) is 4.23. The Hall–Kier alpha value is -2.84. The van der Waals surface area contributed by atoms with Gasteiger partial charge in [-0.15, -0.1) is 10.2 Å². The van der Waals surface area contributed by atoms with Crippen molar-refractivity contribution in [2.45, 2.75) is 44.2 Å². The van der Waals surface area contributed by atoms with E-state index in [0.717, 1.165) is 24.3 Å². The molecule has 0 spiro atoms. The maximum absolute atomic E-state index is 12.8. The van der Waals surface area contributed by atoms with Gasteiger partial charge in [0.15, 0.2) is 5.16 Å². The molecule has 7 nitrogen and oxygen atoms in total. The molecule has 2 aromatic carbocycles. The van der Waals surface area contributed by atoms with Gasteiger partial charge < -0.3 is 14.8 Å². The molecule has 8 heteroatoms. The molecule has 0 saturated carbocycles. The Kier molecular flexibility index (Phi) is 7.90. The van der Waals surface area contributed by atoms with E-state index in [-0.39, 0.29) is 17.1 Å². The molecular formula is C26H32N4O3S. The van der Waals surface area contributed by atoms with E-state index in [4.69, 9.17) is 9.47 Å². The summed E-state index contributed by atoms with van der Waals surface area (Å²) in [5, 5.41) is 12.1. The molecule has 4 rings (SSSR count). The van der Waals surface area contributed by atoms with Crippen LogP contribution in [0.1, 0.15) is 36.5 Å². The highest BCUT2D eigenvalue weighted by molar-refractivity contribution is 7.99. The van der Waals surface area contributed by atoms with Crippen molar-refractivity contribution in [1.82, 2.24) is 20.1 Å². The Morgan fingerprint density at radius 2 is 1.91 bits per heavy atom. The number of nitrogens with one attached hydrogen (secondary N) is 1. The zero-order chi connectivity index (χ0) is 24.0. The number of aromatic nitrogens is 3. The lowest BCUT2D eigenvalue weighted by Crippen LogP contribution is -2.45. The summed E-state index contributed by atoms with van der Waals surface area (Å²) in [5.74, 6) is 1.12. The molecule has 3 aromatic rings. The van der Waals surface area contributed by atoms with Gasteiger partial charge in [-0.1, -0.05) is 30.0 Å². The number of rotatable bonds is 9. The van der Waals surface area contributed by atoms with Crippen molar-refractivity contribution in [2.75, 3.05) is 32.1 Å². The number of amides is 1. The number of hydrogen-bond donors (Lipinski definition) is 1. The molecule has 1 amide bonds. The van der Waals surface area contributed by atoms with E-state index in [1.54, 1.807) is 6.33 Å². The highest BCUT2D eigenvalue weighted by Gasteiger charge is 2.35. The highest BCUT2D eigenvalue weighted by Crippen LogP contribution is 2.35. The van der Waals surface area contributed by atoms with Crippen LogP contribution in [0.2, 0.25) is 0 Å². The Balaban J connectivity index is 1.39. The molecule has 2 heterocycles. The maximum Gasteiger partial charge on any atom is 0.230 e. The van der Waals surface area contributed by atoms with Crippen LogP contribution in [0.25, 0.3) is 5.69 Å². The van der Waals surface area contributed by atoms with Gasteiger partial charge in [-0.25, -0.2) is 0 Å². The normalized spacial score (nSPS) is 15.1. The molecule has 1 aromatic heterocycles. The van der Waals surface area contributed by atoms with Crippen molar-refractivity contribution in [1.29, 1.82) is 0 Å². The standard InChI is InChI=1S/C26H32N4O3S/c1-4-33-23-9-6-21(7-10-23)26(11-13-32-14-12-26)17-27-24(31)16-34-25-29-28-18-30(25)22-8-5-19(2)20(3)15-22/h5-10,15,18H,4,11-14,16-17H2,1-3H3,(H,27,31). The maximum atomic E-state index is 12.8. The third kappa shape index (κ3) is 5.62. The Labute approximate surface area is 205 Å². The number of aryl methyl sites for hydroxylation is 2. The molecule has 1 saturated heterocycles. The third-order valence-corrected chi connectivity index (χ3v) is 7.41. The van der Waals surface area contributed by atoms with Gasteiger partial charge in [-0.05, 0) is 74.6 Å². The topological polar surface area (TPSA) is 78.3 Å². The molecule has 180 valence electrons. The summed E-state index contributed by atoms with van der Waals surface area (Å²) >= 11 is 1.39. The predicted molar refractivity (Wildman–Crippen MR) is 134 cm³/mol. The van der Waals surface area contributed by atoms with E-state index in [0.29, 0.717) is 31.5 Å². The zero-order valence-corrected chi connectivity index (χ0v) is 20.9. The van der Waals surface area contributed by atoms with Crippen molar-refractivity contribution in [3.05, 3.63) is 65.5 Å². The molecule has 1 aliphatic rings. The second kappa shape index (κ2) is 11.1. The van der Waals surface area contributed by atoms with E-state index in [2.05, 4.69) is 53.6 Å². The molecule has 0 bridgehead atoms. The lowest BCUT2D eigenvalue weighted by atomic mass is 9.74. The van der Waals surface area contributed by atoms with Crippen molar-refractivity contribution in [3.63, 3.8) is 0 Å². The predicted octanol–water partition coefficient (Wildman–Crippen LogP) is 4.24. The largest absolute Gasteiger partial charge is 0.494 e. The molecule has 1 aliphatic heterocycles. The van der Waals surface area contributed by atoms with Crippen molar-refractivity contribution in [2.24, 2.45) is 0 Å². The number of carbonyl (C=O) groups excluding carboxylic acids is 1. The first-order valence-electron chi connectivity index (χ1n) is 11.7. The van der Waals surface area contributed by atoms with Gasteiger partial charge in [0, 0.05) is 30.9 Å². The minimum atomic E-state index is -0.136. The smallest absolute Gasteiger partial charge is 0.230 e. The average Bonchev–Trinajstić information content (AvgIpc) is 3.33. The van der Waals surface area contributed by atoms with E-state index >= 15 is 0 Å². The molecule has 34 heavy (non-hydrogen) atoms. The number of thioether (sulfide) groups is 1. The number of benzene rings is 2. The summed E-state index contributed by atoms with van der Waals surface area (Å²) in [6, 6.07) is 14.5. The minimum absolute atomic E-state index is 0.0172. The highest BCUT2D eigenvalue weighted by atomic mass is 32.2. The average molecular weight is 481 g/mol. The first kappa shape index (κ1) is 24.3. The number of carbonyl (C=O) groups is 1. The molecule has 1 fully saturated rings. The van der Waals surface area contributed by atoms with E-state index < -0.39 is 0 Å². The van der Waals surface area contributed by atoms with Gasteiger partial charge in [0.25, 0.3) is 0 Å². The van der Waals surface area contributed by atoms with Gasteiger partial charge >= 0.3 is 0 Å². The summed E-state index contributed by atoms with van der Waals surface area (Å²) < 4.78 is 13.1. The molecule has 0 atom stereocenters. The van der Waals surface area contributed by atoms with E-state index in [9.17, 15) is 4.79 Å². The molecule has 0 unspecified atom stereocenters. The van der Waals surface area contributed by atoms with Crippen LogP contribution in [-0.2, 0) is 14.9 Å². The van der Waals surface area contributed by atoms with Gasteiger partial charge in [0.05, 0.1) is 12.4 Å². The van der Waals surface area contributed by atoms with Crippen LogP contribution in [0.5, 0.6) is 5.75 Å². The zero-order valence-electron chi connectivity index (χ0n) is 20.0. The lowest BCUT2D eigenvalue weighted by molar-refractivity contribution is -0.119. The molecule has 0 radical (unpaired) electrons. The Morgan fingerprint density at radius 1 is 1.15 bits per heavy atom. The quantitative estimate of drug-likeness (QED) is 0.462. The summed E-state index contributed by atoms with van der Waals surface area (Å²) in [4.78, 5) is 12.8. The first-order chi connectivity index (χ1) is 16.5. The van der Waals surface area contributed by atoms with Gasteiger partial charge in [-0.2, -0.15) is 0 Å². The van der Waals surface area contributed by atoms with Crippen LogP contribution in [0, 0.1) is 13.8 Å². The third-order valence-electron chi connectivity index (χ3n) is 6.47. The van der Waals surface area contributed by atoms with Crippen LogP contribution < -0.4 is 10.1 Å². The molecule has 0 aliphatic carbocycles. The van der Waals surface area contributed by atoms with Crippen LogP contribution in [0.3, 0.4) is 0 Å². The van der Waals surface area contributed by atoms with Crippen molar-refractivity contribution < 1.29 is 14.3 Å². The van der Waals surface area contributed by atoms with E-state index in [1.165, 1.54) is 28.5 Å². The van der Waals surface area contributed by atoms with Gasteiger partial charge in [0.2, 0.25) is 5.91 Å². The van der Waals surface area contributed by atoms with Gasteiger partial charge in [-0.3, -0.25) is 9.36 Å². The van der Waals surface area contributed by atoms with Crippen LogP contribution in [0.4, 0.5) is 0 Å². The van der Waals surface area contributed by atoms with Crippen LogP contribution in [-0.4, -0.2) is 52.8 Å². The second-order valence-corrected chi connectivity index (χ2v) is 9.61. The molecule has 1 N–H and O–H groups in total. The summed E-state index contributed by atoms with van der Waals surface area (Å²) in [5.41, 5.74) is 4.51. The number of ether oxygens (including phenoxy) is 2. The van der Waals surface area contributed by atoms with Crippen LogP contribution in [0.15, 0.2) is 53.9 Å². The lowest BCUT2D eigenvalue weighted by Gasteiger charge is -2.38. The minimum Gasteiger partial charge on any atom is -0.494 e.